The van der Waals surface area contributed by atoms with Crippen molar-refractivity contribution in [1.29, 1.82) is 0 Å². The van der Waals surface area contributed by atoms with Gasteiger partial charge >= 0.3 is 0 Å². The van der Waals surface area contributed by atoms with Gasteiger partial charge in [0.25, 0.3) is 0 Å². The third-order valence-electron chi connectivity index (χ3n) is 3.26. The number of alkyl halides is 1. The second kappa shape index (κ2) is 5.67. The number of sulfonamides is 1. The van der Waals surface area contributed by atoms with E-state index in [4.69, 9.17) is 11.6 Å². The van der Waals surface area contributed by atoms with E-state index in [0.717, 1.165) is 0 Å². The second-order valence-corrected chi connectivity index (χ2v) is 7.01. The Hall–Kier alpha value is 0.160. The van der Waals surface area contributed by atoms with E-state index in [0.29, 0.717) is 25.4 Å². The van der Waals surface area contributed by atoms with E-state index >= 15 is 0 Å². The molecule has 0 saturated carbocycles. The van der Waals surface area contributed by atoms with Crippen molar-refractivity contribution in [3.63, 3.8) is 0 Å². The van der Waals surface area contributed by atoms with Gasteiger partial charge in [-0.15, -0.1) is 11.6 Å². The van der Waals surface area contributed by atoms with Crippen molar-refractivity contribution in [2.24, 2.45) is 0 Å². The first-order valence-corrected chi connectivity index (χ1v) is 7.78. The molecule has 0 spiro atoms. The van der Waals surface area contributed by atoms with Gasteiger partial charge in [0.1, 0.15) is 0 Å². The molecule has 0 radical (unpaired) electrons. The summed E-state index contributed by atoms with van der Waals surface area (Å²) in [6, 6.07) is 0.545. The van der Waals surface area contributed by atoms with Gasteiger partial charge in [0.05, 0.1) is 5.75 Å². The summed E-state index contributed by atoms with van der Waals surface area (Å²) in [5.74, 6) is 0.567. The van der Waals surface area contributed by atoms with Gasteiger partial charge in [-0.3, -0.25) is 4.90 Å². The van der Waals surface area contributed by atoms with Crippen molar-refractivity contribution < 1.29 is 8.42 Å². The number of likely N-dealkylation sites (N-methyl/N-ethyl adjacent to an activating group) is 1. The first kappa shape index (κ1) is 14.2. The first-order chi connectivity index (χ1) is 7.38. The van der Waals surface area contributed by atoms with Crippen molar-refractivity contribution in [1.82, 2.24) is 9.21 Å². The number of hydrogen-bond donors (Lipinski definition) is 0. The fraction of sp³-hybridized carbons (Fsp3) is 1.00. The van der Waals surface area contributed by atoms with Gasteiger partial charge < -0.3 is 0 Å². The molecule has 0 aromatic rings. The zero-order chi connectivity index (χ0) is 12.3. The summed E-state index contributed by atoms with van der Waals surface area (Å²) >= 11 is 5.54. The highest BCUT2D eigenvalue weighted by Crippen LogP contribution is 2.17. The maximum absolute atomic E-state index is 12.0. The molecule has 1 fully saturated rings. The topological polar surface area (TPSA) is 40.6 Å². The van der Waals surface area contributed by atoms with Crippen LogP contribution in [0.15, 0.2) is 0 Å². The molecule has 0 bridgehead atoms. The van der Waals surface area contributed by atoms with Gasteiger partial charge in [-0.1, -0.05) is 0 Å². The predicted molar refractivity (Wildman–Crippen MR) is 67.4 cm³/mol. The molecule has 6 heteroatoms. The molecule has 2 atom stereocenters. The highest BCUT2D eigenvalue weighted by molar-refractivity contribution is 7.89. The van der Waals surface area contributed by atoms with Gasteiger partial charge in [0.2, 0.25) is 10.0 Å². The normalized spacial score (nSPS) is 29.5. The lowest BCUT2D eigenvalue weighted by molar-refractivity contribution is 0.105. The van der Waals surface area contributed by atoms with Crippen molar-refractivity contribution in [3.05, 3.63) is 0 Å². The summed E-state index contributed by atoms with van der Waals surface area (Å²) < 4.78 is 25.6. The average Bonchev–Trinajstić information content (AvgIpc) is 2.22. The Labute approximate surface area is 104 Å². The second-order valence-electron chi connectivity index (χ2n) is 4.54. The van der Waals surface area contributed by atoms with Crippen LogP contribution in [0.2, 0.25) is 0 Å². The average molecular weight is 269 g/mol. The number of rotatable bonds is 4. The van der Waals surface area contributed by atoms with Crippen molar-refractivity contribution >= 4 is 21.6 Å². The Bertz CT molecular complexity index is 309. The van der Waals surface area contributed by atoms with E-state index in [1.807, 2.05) is 7.05 Å². The highest BCUT2D eigenvalue weighted by atomic mass is 35.5. The Morgan fingerprint density at radius 3 is 2.19 bits per heavy atom. The minimum absolute atomic E-state index is 0.166. The molecule has 0 amide bonds. The summed E-state index contributed by atoms with van der Waals surface area (Å²) in [4.78, 5) is 2.22. The van der Waals surface area contributed by atoms with Crippen LogP contribution in [0.1, 0.15) is 20.3 Å². The minimum Gasteiger partial charge on any atom is -0.298 e. The Morgan fingerprint density at radius 2 is 1.75 bits per heavy atom. The van der Waals surface area contributed by atoms with E-state index in [-0.39, 0.29) is 17.8 Å². The minimum atomic E-state index is -3.11. The van der Waals surface area contributed by atoms with E-state index < -0.39 is 10.0 Å². The van der Waals surface area contributed by atoms with Crippen LogP contribution in [0.25, 0.3) is 0 Å². The highest BCUT2D eigenvalue weighted by Gasteiger charge is 2.32. The molecule has 1 aliphatic heterocycles. The van der Waals surface area contributed by atoms with Crippen LogP contribution in [0.3, 0.4) is 0 Å². The summed E-state index contributed by atoms with van der Waals surface area (Å²) in [5.41, 5.74) is 0. The van der Waals surface area contributed by atoms with Crippen LogP contribution in [0.5, 0.6) is 0 Å². The molecule has 2 unspecified atom stereocenters. The molecular weight excluding hydrogens is 248 g/mol. The number of hydrogen-bond acceptors (Lipinski definition) is 3. The lowest BCUT2D eigenvalue weighted by Gasteiger charge is -2.41. The fourth-order valence-corrected chi connectivity index (χ4v) is 3.89. The van der Waals surface area contributed by atoms with Gasteiger partial charge in [-0.25, -0.2) is 8.42 Å². The molecule has 0 N–H and O–H groups in total. The van der Waals surface area contributed by atoms with Crippen LogP contribution in [-0.4, -0.2) is 61.5 Å². The van der Waals surface area contributed by atoms with Crippen molar-refractivity contribution in [2.75, 3.05) is 31.8 Å². The summed E-state index contributed by atoms with van der Waals surface area (Å²) in [5, 5.41) is 0. The number of halogens is 1. The van der Waals surface area contributed by atoms with Crippen LogP contribution < -0.4 is 0 Å². The third kappa shape index (κ3) is 3.32. The number of piperazine rings is 1. The largest absolute Gasteiger partial charge is 0.298 e. The maximum Gasteiger partial charge on any atom is 0.214 e. The van der Waals surface area contributed by atoms with E-state index in [2.05, 4.69) is 18.7 Å². The first-order valence-electron chi connectivity index (χ1n) is 5.64. The van der Waals surface area contributed by atoms with E-state index in [1.165, 1.54) is 0 Å². The number of nitrogens with zero attached hydrogens (tertiary/aromatic N) is 2. The summed E-state index contributed by atoms with van der Waals surface area (Å²) in [6.07, 6.45) is 0.527. The van der Waals surface area contributed by atoms with Crippen LogP contribution in [0.4, 0.5) is 0 Å². The van der Waals surface area contributed by atoms with Crippen LogP contribution in [0, 0.1) is 0 Å². The molecule has 0 aromatic carbocycles. The monoisotopic (exact) mass is 268 g/mol. The Kier molecular flexibility index (Phi) is 5.04. The molecule has 1 heterocycles. The Morgan fingerprint density at radius 1 is 1.25 bits per heavy atom. The van der Waals surface area contributed by atoms with E-state index in [9.17, 15) is 8.42 Å². The predicted octanol–water partition coefficient (Wildman–Crippen LogP) is 0.970. The van der Waals surface area contributed by atoms with Gasteiger partial charge in [-0.05, 0) is 27.3 Å². The van der Waals surface area contributed by atoms with E-state index in [1.54, 1.807) is 4.31 Å². The molecule has 96 valence electrons. The van der Waals surface area contributed by atoms with Crippen molar-refractivity contribution in [2.45, 2.75) is 32.4 Å². The van der Waals surface area contributed by atoms with Crippen LogP contribution >= 0.6 is 11.6 Å². The zero-order valence-electron chi connectivity index (χ0n) is 10.2. The molecular formula is C10H21ClN2O2S. The molecule has 4 nitrogen and oxygen atoms in total. The lowest BCUT2D eigenvalue weighted by Crippen LogP contribution is -2.56. The quantitative estimate of drug-likeness (QED) is 0.714. The SMILES string of the molecule is CC1CN(S(=O)(=O)CCCCl)CC(C)N1C. The Balaban J connectivity index is 2.67. The third-order valence-corrected chi connectivity index (χ3v) is 5.41. The lowest BCUT2D eigenvalue weighted by atomic mass is 10.1. The van der Waals surface area contributed by atoms with Crippen LogP contribution in [-0.2, 0) is 10.0 Å². The van der Waals surface area contributed by atoms with Gasteiger partial charge in [0, 0.05) is 31.1 Å². The smallest absolute Gasteiger partial charge is 0.214 e. The molecule has 16 heavy (non-hydrogen) atoms. The molecule has 1 aliphatic rings. The standard InChI is InChI=1S/C10H21ClN2O2S/c1-9-7-13(8-10(2)12(9)3)16(14,15)6-4-5-11/h9-10H,4-8H2,1-3H3. The van der Waals surface area contributed by atoms with Gasteiger partial charge in [-0.2, -0.15) is 4.31 Å². The fourth-order valence-electron chi connectivity index (χ4n) is 1.95. The molecule has 0 aliphatic carbocycles. The molecule has 0 aromatic heterocycles. The van der Waals surface area contributed by atoms with Crippen molar-refractivity contribution in [3.8, 4) is 0 Å². The van der Waals surface area contributed by atoms with Gasteiger partial charge in [0.15, 0.2) is 0 Å². The molecule has 1 rings (SSSR count). The molecule has 1 saturated heterocycles. The summed E-state index contributed by atoms with van der Waals surface area (Å²) in [7, 11) is -1.07. The maximum atomic E-state index is 12.0. The zero-order valence-corrected chi connectivity index (χ0v) is 11.8. The summed E-state index contributed by atoms with van der Waals surface area (Å²) in [6.45, 7) is 5.29.